The van der Waals surface area contributed by atoms with Crippen molar-refractivity contribution in [2.45, 2.75) is 58.7 Å². The van der Waals surface area contributed by atoms with E-state index >= 15 is 0 Å². The molecule has 112 valence electrons. The molecule has 2 heterocycles. The number of piperidine rings is 1. The Hall–Kier alpha value is -0.120. The minimum absolute atomic E-state index is 0.306. The number of likely N-dealkylation sites (N-methyl/N-ethyl adjacent to an activating group) is 1. The summed E-state index contributed by atoms with van der Waals surface area (Å²) in [6.07, 6.45) is 1.34. The van der Waals surface area contributed by atoms with E-state index in [0.29, 0.717) is 11.6 Å². The molecule has 0 bridgehead atoms. The van der Waals surface area contributed by atoms with E-state index in [1.807, 2.05) is 0 Å². The number of rotatable bonds is 1. The van der Waals surface area contributed by atoms with E-state index in [-0.39, 0.29) is 0 Å². The summed E-state index contributed by atoms with van der Waals surface area (Å²) in [5.74, 6) is 0.791. The fourth-order valence-corrected chi connectivity index (χ4v) is 3.92. The number of nitrogens with zero attached hydrogens (tertiary/aromatic N) is 3. The van der Waals surface area contributed by atoms with Crippen molar-refractivity contribution in [3.8, 4) is 0 Å². The van der Waals surface area contributed by atoms with Gasteiger partial charge in [-0.15, -0.1) is 0 Å². The van der Waals surface area contributed by atoms with Gasteiger partial charge in [-0.25, -0.2) is 0 Å². The molecule has 0 aromatic carbocycles. The third-order valence-electron chi connectivity index (χ3n) is 5.12. The lowest BCUT2D eigenvalue weighted by Crippen LogP contribution is -2.60. The van der Waals surface area contributed by atoms with Crippen LogP contribution in [0.4, 0.5) is 0 Å². The highest BCUT2D eigenvalue weighted by atomic mass is 15.3. The Morgan fingerprint density at radius 3 is 2.05 bits per heavy atom. The van der Waals surface area contributed by atoms with Gasteiger partial charge in [0, 0.05) is 50.3 Å². The lowest BCUT2D eigenvalue weighted by atomic mass is 9.85. The number of likely N-dealkylation sites (tertiary alicyclic amines) is 1. The Kier molecular flexibility index (Phi) is 4.59. The van der Waals surface area contributed by atoms with Gasteiger partial charge in [0.2, 0.25) is 0 Å². The Morgan fingerprint density at radius 1 is 0.947 bits per heavy atom. The van der Waals surface area contributed by atoms with Crippen LogP contribution < -0.4 is 0 Å². The van der Waals surface area contributed by atoms with Crippen molar-refractivity contribution in [1.82, 2.24) is 14.7 Å². The summed E-state index contributed by atoms with van der Waals surface area (Å²) >= 11 is 0. The van der Waals surface area contributed by atoms with Crippen molar-refractivity contribution < 1.29 is 0 Å². The standard InChI is InChI=1S/C16H33N3/c1-13-12-19(16(3,4)5)14(2)11-15(13)18-9-7-17(6)8-10-18/h13-15H,7-12H2,1-6H3. The van der Waals surface area contributed by atoms with Crippen LogP contribution in [0.5, 0.6) is 0 Å². The topological polar surface area (TPSA) is 9.72 Å². The van der Waals surface area contributed by atoms with Gasteiger partial charge in [0.15, 0.2) is 0 Å². The molecule has 3 unspecified atom stereocenters. The first-order valence-electron chi connectivity index (χ1n) is 7.98. The molecule has 0 saturated carbocycles. The molecule has 3 heteroatoms. The van der Waals surface area contributed by atoms with Gasteiger partial charge < -0.3 is 4.90 Å². The summed E-state index contributed by atoms with van der Waals surface area (Å²) in [5, 5.41) is 0. The highest BCUT2D eigenvalue weighted by Gasteiger charge is 2.38. The molecule has 0 aromatic rings. The van der Waals surface area contributed by atoms with Crippen LogP contribution in [0.3, 0.4) is 0 Å². The first-order chi connectivity index (χ1) is 8.79. The van der Waals surface area contributed by atoms with Crippen LogP contribution in [0.1, 0.15) is 41.0 Å². The summed E-state index contributed by atoms with van der Waals surface area (Å²) in [7, 11) is 2.24. The van der Waals surface area contributed by atoms with Gasteiger partial charge in [-0.3, -0.25) is 9.80 Å². The lowest BCUT2D eigenvalue weighted by molar-refractivity contribution is -0.0250. The Morgan fingerprint density at radius 2 is 1.53 bits per heavy atom. The Labute approximate surface area is 119 Å². The molecule has 0 aliphatic carbocycles. The summed E-state index contributed by atoms with van der Waals surface area (Å²) < 4.78 is 0. The predicted octanol–water partition coefficient (Wildman–Crippen LogP) is 2.13. The maximum atomic E-state index is 2.75. The molecule has 3 atom stereocenters. The van der Waals surface area contributed by atoms with Crippen LogP contribution in [0.25, 0.3) is 0 Å². The number of hydrogen-bond acceptors (Lipinski definition) is 3. The molecule has 2 aliphatic heterocycles. The van der Waals surface area contributed by atoms with Crippen molar-refractivity contribution in [3.63, 3.8) is 0 Å². The van der Waals surface area contributed by atoms with Gasteiger partial charge in [0.05, 0.1) is 0 Å². The highest BCUT2D eigenvalue weighted by Crippen LogP contribution is 2.31. The van der Waals surface area contributed by atoms with Crippen molar-refractivity contribution >= 4 is 0 Å². The summed E-state index contributed by atoms with van der Waals surface area (Å²) in [4.78, 5) is 7.90. The molecular weight excluding hydrogens is 234 g/mol. The van der Waals surface area contributed by atoms with Crippen LogP contribution >= 0.6 is 0 Å². The average molecular weight is 267 g/mol. The zero-order chi connectivity index (χ0) is 14.2. The van der Waals surface area contributed by atoms with E-state index in [1.165, 1.54) is 39.1 Å². The normalized spacial score (nSPS) is 36.6. The molecule has 19 heavy (non-hydrogen) atoms. The SMILES string of the molecule is CC1CN(C(C)(C)C)C(C)CC1N1CCN(C)CC1. The monoisotopic (exact) mass is 267 g/mol. The van der Waals surface area contributed by atoms with Crippen LogP contribution in [-0.4, -0.2) is 72.1 Å². The molecule has 0 radical (unpaired) electrons. The van der Waals surface area contributed by atoms with Gasteiger partial charge >= 0.3 is 0 Å². The summed E-state index contributed by atoms with van der Waals surface area (Å²) in [6.45, 7) is 18.2. The highest BCUT2D eigenvalue weighted by molar-refractivity contribution is 4.94. The first-order valence-corrected chi connectivity index (χ1v) is 7.98. The van der Waals surface area contributed by atoms with E-state index in [2.05, 4.69) is 56.4 Å². The maximum Gasteiger partial charge on any atom is 0.0149 e. The van der Waals surface area contributed by atoms with Gasteiger partial charge in [-0.1, -0.05) is 6.92 Å². The molecule has 2 aliphatic rings. The Bertz CT molecular complexity index is 289. The van der Waals surface area contributed by atoms with Crippen molar-refractivity contribution in [2.24, 2.45) is 5.92 Å². The molecule has 0 aromatic heterocycles. The molecular formula is C16H33N3. The molecule has 3 nitrogen and oxygen atoms in total. The molecule has 0 amide bonds. The third-order valence-corrected chi connectivity index (χ3v) is 5.12. The second-order valence-electron chi connectivity index (χ2n) is 7.79. The second kappa shape index (κ2) is 5.71. The first kappa shape index (κ1) is 15.3. The smallest absolute Gasteiger partial charge is 0.0149 e. The van der Waals surface area contributed by atoms with Crippen LogP contribution in [-0.2, 0) is 0 Å². The van der Waals surface area contributed by atoms with Gasteiger partial charge in [-0.2, -0.15) is 0 Å². The van der Waals surface area contributed by atoms with Crippen molar-refractivity contribution in [2.75, 3.05) is 39.8 Å². The number of hydrogen-bond donors (Lipinski definition) is 0. The van der Waals surface area contributed by atoms with E-state index in [1.54, 1.807) is 0 Å². The minimum Gasteiger partial charge on any atom is -0.304 e. The van der Waals surface area contributed by atoms with Crippen molar-refractivity contribution in [3.05, 3.63) is 0 Å². The molecule has 2 rings (SSSR count). The van der Waals surface area contributed by atoms with E-state index in [9.17, 15) is 0 Å². The summed E-state index contributed by atoms with van der Waals surface area (Å²) in [5.41, 5.74) is 0.306. The van der Waals surface area contributed by atoms with E-state index < -0.39 is 0 Å². The minimum atomic E-state index is 0.306. The van der Waals surface area contributed by atoms with Gasteiger partial charge in [0.1, 0.15) is 0 Å². The molecule has 0 spiro atoms. The van der Waals surface area contributed by atoms with E-state index in [0.717, 1.165) is 12.0 Å². The summed E-state index contributed by atoms with van der Waals surface area (Å²) in [6, 6.07) is 1.50. The largest absolute Gasteiger partial charge is 0.304 e. The Balaban J connectivity index is 1.98. The third kappa shape index (κ3) is 3.50. The quantitative estimate of drug-likeness (QED) is 0.720. The predicted molar refractivity (Wildman–Crippen MR) is 82.6 cm³/mol. The van der Waals surface area contributed by atoms with Gasteiger partial charge in [0.25, 0.3) is 0 Å². The van der Waals surface area contributed by atoms with E-state index in [4.69, 9.17) is 0 Å². The zero-order valence-electron chi connectivity index (χ0n) is 13.8. The molecule has 0 N–H and O–H groups in total. The van der Waals surface area contributed by atoms with Crippen LogP contribution in [0.15, 0.2) is 0 Å². The van der Waals surface area contributed by atoms with Crippen LogP contribution in [0, 0.1) is 5.92 Å². The lowest BCUT2D eigenvalue weighted by Gasteiger charge is -2.52. The number of piperazine rings is 1. The van der Waals surface area contributed by atoms with Crippen LogP contribution in [0.2, 0.25) is 0 Å². The second-order valence-corrected chi connectivity index (χ2v) is 7.79. The maximum absolute atomic E-state index is 2.75. The zero-order valence-corrected chi connectivity index (χ0v) is 13.8. The van der Waals surface area contributed by atoms with Crippen molar-refractivity contribution in [1.29, 1.82) is 0 Å². The molecule has 2 saturated heterocycles. The average Bonchev–Trinajstić information content (AvgIpc) is 2.31. The fourth-order valence-electron chi connectivity index (χ4n) is 3.92. The molecule has 2 fully saturated rings. The van der Waals surface area contributed by atoms with Gasteiger partial charge in [-0.05, 0) is 47.1 Å². The fraction of sp³-hybridized carbons (Fsp3) is 1.00.